The molecule has 3 aliphatic carbocycles. The Morgan fingerprint density at radius 1 is 0.682 bits per heavy atom. The van der Waals surface area contributed by atoms with Gasteiger partial charge in [0.25, 0.3) is 0 Å². The second-order valence-corrected chi connectivity index (χ2v) is 16.4. The van der Waals surface area contributed by atoms with Crippen LogP contribution >= 0.6 is 0 Å². The molecular weight excluding hydrogens is 889 g/mol. The number of carbonyl (C=O) groups is 9. The highest BCUT2D eigenvalue weighted by Gasteiger charge is 2.68. The molecule has 3 saturated carbocycles. The molecule has 0 heterocycles. The highest BCUT2D eigenvalue weighted by Crippen LogP contribution is 2.56. The second-order valence-electron chi connectivity index (χ2n) is 16.4. The summed E-state index contributed by atoms with van der Waals surface area (Å²) >= 11 is 0. The summed E-state index contributed by atoms with van der Waals surface area (Å²) in [4.78, 5) is 99.6. The fourth-order valence-corrected chi connectivity index (χ4v) is 5.57. The van der Waals surface area contributed by atoms with E-state index in [-0.39, 0.29) is 56.6 Å². The minimum atomic E-state index is -4.64. The van der Waals surface area contributed by atoms with Gasteiger partial charge in [0.05, 0.1) is 27.9 Å². The Balaban J connectivity index is 0. The lowest BCUT2D eigenvalue weighted by molar-refractivity contribution is -0.165. The molecule has 5 N–H and O–H groups in total. The van der Waals surface area contributed by atoms with Gasteiger partial charge in [0.15, 0.2) is 16.2 Å². The van der Waals surface area contributed by atoms with Gasteiger partial charge in [0, 0.05) is 37.3 Å². The van der Waals surface area contributed by atoms with Crippen LogP contribution in [0.1, 0.15) is 73.6 Å². The van der Waals surface area contributed by atoms with Crippen molar-refractivity contribution in [1.82, 2.24) is 5.32 Å². The van der Waals surface area contributed by atoms with Gasteiger partial charge in [-0.3, -0.25) is 38.4 Å². The SMILES string of the molecule is C=CC1CC1(C(=O)O)C(=O)OC.C=CC1CC1(C(=O)OC)C(=O)OCCN.C=CC1CC1(C(=O)OC)C(=O)OCCNC(=O)OC(C)(C)C.CC(C)(C)OC(=O)CCCO.O=CC(F)(F)F. The molecule has 0 spiro atoms. The third kappa shape index (κ3) is 20.1. The minimum Gasteiger partial charge on any atom is -0.480 e. The third-order valence-electron chi connectivity index (χ3n) is 9.10. The number of rotatable bonds is 17. The number of alkyl halides is 3. The van der Waals surface area contributed by atoms with Crippen LogP contribution < -0.4 is 11.1 Å². The van der Waals surface area contributed by atoms with Gasteiger partial charge in [-0.25, -0.2) is 4.79 Å². The normalized spacial score (nSPS) is 22.8. The summed E-state index contributed by atoms with van der Waals surface area (Å²) in [5.41, 5.74) is 0.423. The Bertz CT molecular complexity index is 1720. The third-order valence-corrected chi connectivity index (χ3v) is 9.10. The van der Waals surface area contributed by atoms with E-state index in [9.17, 15) is 51.5 Å². The number of aliphatic carboxylic acids is 1. The number of halogens is 3. The molecule has 6 unspecified atom stereocenters. The molecular formula is C43H65F3N2O18. The molecule has 3 fully saturated rings. The molecule has 3 aliphatic rings. The van der Waals surface area contributed by atoms with Crippen LogP contribution in [0.4, 0.5) is 18.0 Å². The van der Waals surface area contributed by atoms with Crippen LogP contribution in [0.15, 0.2) is 38.0 Å². The average Bonchev–Trinajstić information content (AvgIpc) is 4.16. The second kappa shape index (κ2) is 27.6. The molecule has 23 heteroatoms. The molecule has 6 atom stereocenters. The number of methoxy groups -OCH3 is 3. The first-order valence-electron chi connectivity index (χ1n) is 20.1. The van der Waals surface area contributed by atoms with Gasteiger partial charge in [-0.1, -0.05) is 18.2 Å². The van der Waals surface area contributed by atoms with E-state index in [0.29, 0.717) is 32.1 Å². The number of aliphatic hydroxyl groups is 1. The maximum Gasteiger partial charge on any atom is 0.446 e. The summed E-state index contributed by atoms with van der Waals surface area (Å²) in [6, 6.07) is 0. The van der Waals surface area contributed by atoms with Crippen molar-refractivity contribution in [2.75, 3.05) is 54.2 Å². The lowest BCUT2D eigenvalue weighted by Gasteiger charge is -2.19. The first-order chi connectivity index (χ1) is 30.4. The van der Waals surface area contributed by atoms with Gasteiger partial charge in [-0.15, -0.1) is 19.7 Å². The predicted octanol–water partition coefficient (Wildman–Crippen LogP) is 3.56. The fourth-order valence-electron chi connectivity index (χ4n) is 5.57. The Labute approximate surface area is 381 Å². The number of aliphatic hydroxyl groups excluding tert-OH is 1. The van der Waals surface area contributed by atoms with Crippen LogP contribution in [0.25, 0.3) is 0 Å². The van der Waals surface area contributed by atoms with Gasteiger partial charge >= 0.3 is 54.1 Å². The summed E-state index contributed by atoms with van der Waals surface area (Å²) in [6.45, 7) is 21.7. The largest absolute Gasteiger partial charge is 0.480 e. The lowest BCUT2D eigenvalue weighted by atomic mass is 10.0. The molecule has 0 aromatic carbocycles. The standard InChI is InChI=1S/C15H23NO6.C10H15NO4.C8H10O4.C8H16O3.C2HF3O/c1-6-10-9-15(10,11(17)20-5)12(18)21-8-7-16-13(19)22-14(2,3)4;1-3-7-6-10(7,8(12)14-2)9(13)15-5-4-11;1-3-5-4-8(5,6(9)10)7(11)12-2;1-8(2,3)11-7(10)5-4-6-9;3-2(4,5)1-6/h6,10H,1,7-9H2,2-5H3,(H,16,19);3,7H,1,4-6,11H2,2H3;3,5H,1,4H2,2H3,(H,9,10);9H,4-6H2,1-3H3;1H. The number of alkyl carbamates (subject to hydrolysis) is 1. The van der Waals surface area contributed by atoms with Crippen LogP contribution in [0.3, 0.4) is 0 Å². The average molecular weight is 955 g/mol. The topological polar surface area (TPSA) is 297 Å². The molecule has 20 nitrogen and oxygen atoms in total. The van der Waals surface area contributed by atoms with Crippen molar-refractivity contribution >= 4 is 54.2 Å². The number of allylic oxidation sites excluding steroid dienone is 3. The number of amides is 1. The fraction of sp³-hybridized carbons (Fsp3) is 0.651. The molecule has 3 rings (SSSR count). The van der Waals surface area contributed by atoms with Gasteiger partial charge in [-0.05, 0) is 67.2 Å². The molecule has 0 aliphatic heterocycles. The Hall–Kier alpha value is -5.84. The van der Waals surface area contributed by atoms with Gasteiger partial charge in [-0.2, -0.15) is 13.2 Å². The predicted molar refractivity (Wildman–Crippen MR) is 225 cm³/mol. The van der Waals surface area contributed by atoms with Crippen molar-refractivity contribution in [1.29, 1.82) is 0 Å². The van der Waals surface area contributed by atoms with Crippen LogP contribution in [0.2, 0.25) is 0 Å². The van der Waals surface area contributed by atoms with Crippen LogP contribution in [0.5, 0.6) is 0 Å². The molecule has 0 saturated heterocycles. The maximum absolute atomic E-state index is 12.1. The number of ether oxygens (including phenoxy) is 7. The highest BCUT2D eigenvalue weighted by atomic mass is 19.4. The van der Waals surface area contributed by atoms with Crippen molar-refractivity contribution in [2.24, 2.45) is 39.7 Å². The zero-order chi connectivity index (χ0) is 51.9. The van der Waals surface area contributed by atoms with Crippen molar-refractivity contribution in [3.05, 3.63) is 38.0 Å². The molecule has 0 aromatic heterocycles. The molecule has 376 valence electrons. The van der Waals surface area contributed by atoms with E-state index in [1.807, 2.05) is 20.8 Å². The molecule has 66 heavy (non-hydrogen) atoms. The number of hydrogen-bond acceptors (Lipinski definition) is 18. The van der Waals surface area contributed by atoms with Crippen LogP contribution in [-0.4, -0.2) is 136 Å². The van der Waals surface area contributed by atoms with E-state index in [1.165, 1.54) is 33.5 Å². The summed E-state index contributed by atoms with van der Waals surface area (Å²) in [7, 11) is 3.66. The number of carboxylic acid groups (broad SMARTS) is 1. The maximum atomic E-state index is 12.1. The first kappa shape index (κ1) is 62.2. The Morgan fingerprint density at radius 3 is 1.33 bits per heavy atom. The van der Waals surface area contributed by atoms with Crippen molar-refractivity contribution < 1.29 is 99.7 Å². The monoisotopic (exact) mass is 954 g/mol. The van der Waals surface area contributed by atoms with E-state index in [1.54, 1.807) is 26.8 Å². The Morgan fingerprint density at radius 2 is 1.05 bits per heavy atom. The minimum absolute atomic E-state index is 0.0409. The van der Waals surface area contributed by atoms with Gasteiger partial charge in [0.1, 0.15) is 24.4 Å². The number of nitrogens with one attached hydrogen (secondary N) is 1. The van der Waals surface area contributed by atoms with Gasteiger partial charge in [0.2, 0.25) is 6.29 Å². The Kier molecular flexibility index (Phi) is 26.0. The number of carbonyl (C=O) groups excluding carboxylic acids is 8. The van der Waals surface area contributed by atoms with Crippen LogP contribution in [-0.2, 0) is 71.5 Å². The van der Waals surface area contributed by atoms with Crippen molar-refractivity contribution in [2.45, 2.75) is 91.0 Å². The van der Waals surface area contributed by atoms with E-state index in [2.05, 4.69) is 39.3 Å². The molecule has 1 amide bonds. The number of hydrogen-bond donors (Lipinski definition) is 4. The van der Waals surface area contributed by atoms with Crippen LogP contribution in [0, 0.1) is 34.0 Å². The molecule has 0 bridgehead atoms. The van der Waals surface area contributed by atoms with Gasteiger partial charge < -0.3 is 54.4 Å². The lowest BCUT2D eigenvalue weighted by Crippen LogP contribution is -2.36. The van der Waals surface area contributed by atoms with E-state index >= 15 is 0 Å². The summed E-state index contributed by atoms with van der Waals surface area (Å²) in [5, 5.41) is 19.6. The van der Waals surface area contributed by atoms with E-state index < -0.39 is 81.8 Å². The van der Waals surface area contributed by atoms with E-state index in [4.69, 9.17) is 39.7 Å². The highest BCUT2D eigenvalue weighted by molar-refractivity contribution is 6.05. The summed E-state index contributed by atoms with van der Waals surface area (Å²) < 4.78 is 64.8. The van der Waals surface area contributed by atoms with E-state index in [0.717, 1.165) is 0 Å². The van der Waals surface area contributed by atoms with Crippen molar-refractivity contribution in [3.63, 3.8) is 0 Å². The smallest absolute Gasteiger partial charge is 0.446 e. The molecule has 0 radical (unpaired) electrons. The van der Waals surface area contributed by atoms with Crippen molar-refractivity contribution in [3.8, 4) is 0 Å². The number of nitrogens with two attached hydrogens (primary N) is 1. The number of aldehydes is 1. The molecule has 0 aromatic rings. The summed E-state index contributed by atoms with van der Waals surface area (Å²) in [6.07, 6.45) is 0.118. The quantitative estimate of drug-likeness (QED) is 0.0405. The zero-order valence-corrected chi connectivity index (χ0v) is 38.9. The number of esters is 6. The summed E-state index contributed by atoms with van der Waals surface area (Å²) in [5.74, 6) is -5.19. The zero-order valence-electron chi connectivity index (χ0n) is 38.9. The first-order valence-corrected chi connectivity index (χ1v) is 20.1. The number of carboxylic acids is 1.